The number of aryl methyl sites for hydroxylation is 1. The van der Waals surface area contributed by atoms with E-state index < -0.39 is 12.0 Å². The van der Waals surface area contributed by atoms with E-state index in [1.54, 1.807) is 37.5 Å². The normalized spacial score (nSPS) is 14.8. The van der Waals surface area contributed by atoms with Gasteiger partial charge in [0.25, 0.3) is 5.56 Å². The van der Waals surface area contributed by atoms with E-state index in [1.165, 1.54) is 11.3 Å². The van der Waals surface area contributed by atoms with Gasteiger partial charge in [-0.3, -0.25) is 9.36 Å². The molecule has 1 aliphatic rings. The second kappa shape index (κ2) is 13.1. The van der Waals surface area contributed by atoms with Crippen molar-refractivity contribution in [2.45, 2.75) is 60.6 Å². The Morgan fingerprint density at radius 2 is 1.60 bits per heavy atom. The quantitative estimate of drug-likeness (QED) is 0.238. The molecule has 1 unspecified atom stereocenters. The van der Waals surface area contributed by atoms with Gasteiger partial charge in [-0.15, -0.1) is 0 Å². The van der Waals surface area contributed by atoms with Crippen LogP contribution in [0.4, 0.5) is 0 Å². The van der Waals surface area contributed by atoms with E-state index in [4.69, 9.17) is 14.2 Å². The van der Waals surface area contributed by atoms with Gasteiger partial charge in [0.05, 0.1) is 46.7 Å². The van der Waals surface area contributed by atoms with Crippen molar-refractivity contribution >= 4 is 29.4 Å². The highest BCUT2D eigenvalue weighted by Crippen LogP contribution is 2.32. The average Bonchev–Trinajstić information content (AvgIpc) is 3.46. The standard InChI is InChI=1S/C35H37N3O6S/c1-8-42-33(40)25-10-14-27(15-11-25)37-21(5)18-26(23(37)7)19-29-32(39)38-31(24-12-16-28(17-13-24)44-20(3)4)30(34(41)43-9-2)22(6)36-35(38)45-29/h10-20,31H,8-9H2,1-7H3/b29-19+. The van der Waals surface area contributed by atoms with Gasteiger partial charge in [0.15, 0.2) is 4.80 Å². The van der Waals surface area contributed by atoms with Crippen LogP contribution in [0.1, 0.15) is 73.5 Å². The fourth-order valence-electron chi connectivity index (χ4n) is 5.54. The molecule has 10 heteroatoms. The molecule has 5 rings (SSSR count). The Morgan fingerprint density at radius 3 is 2.22 bits per heavy atom. The van der Waals surface area contributed by atoms with E-state index in [0.29, 0.717) is 38.5 Å². The Kier molecular flexibility index (Phi) is 9.24. The van der Waals surface area contributed by atoms with Crippen molar-refractivity contribution in [1.82, 2.24) is 9.13 Å². The van der Waals surface area contributed by atoms with Gasteiger partial charge in [-0.2, -0.15) is 0 Å². The first kappa shape index (κ1) is 31.7. The summed E-state index contributed by atoms with van der Waals surface area (Å²) in [4.78, 5) is 44.6. The maximum absolute atomic E-state index is 14.1. The molecule has 234 valence electrons. The van der Waals surface area contributed by atoms with E-state index in [9.17, 15) is 14.4 Å². The van der Waals surface area contributed by atoms with Crippen molar-refractivity contribution in [1.29, 1.82) is 0 Å². The van der Waals surface area contributed by atoms with Crippen LogP contribution >= 0.6 is 11.3 Å². The molecule has 1 aliphatic heterocycles. The minimum absolute atomic E-state index is 0.0108. The van der Waals surface area contributed by atoms with E-state index in [1.807, 2.05) is 76.2 Å². The van der Waals surface area contributed by atoms with Gasteiger partial charge in [0.1, 0.15) is 5.75 Å². The lowest BCUT2D eigenvalue weighted by Gasteiger charge is -2.25. The lowest BCUT2D eigenvalue weighted by molar-refractivity contribution is -0.139. The third-order valence-electron chi connectivity index (χ3n) is 7.48. The predicted octanol–water partition coefficient (Wildman–Crippen LogP) is 5.17. The number of carbonyl (C=O) groups excluding carboxylic acids is 2. The number of esters is 2. The average molecular weight is 628 g/mol. The molecule has 3 heterocycles. The Hall–Kier alpha value is -4.70. The first-order chi connectivity index (χ1) is 21.5. The molecule has 0 bridgehead atoms. The van der Waals surface area contributed by atoms with Crippen LogP contribution in [0.25, 0.3) is 11.8 Å². The largest absolute Gasteiger partial charge is 0.491 e. The highest BCUT2D eigenvalue weighted by atomic mass is 32.1. The Morgan fingerprint density at radius 1 is 0.956 bits per heavy atom. The molecule has 0 spiro atoms. The van der Waals surface area contributed by atoms with Crippen LogP contribution in [0.3, 0.4) is 0 Å². The zero-order valence-corrected chi connectivity index (χ0v) is 27.4. The van der Waals surface area contributed by atoms with Gasteiger partial charge >= 0.3 is 11.9 Å². The number of fused-ring (bicyclic) bond motifs is 1. The smallest absolute Gasteiger partial charge is 0.338 e. The highest BCUT2D eigenvalue weighted by molar-refractivity contribution is 7.07. The fourth-order valence-corrected chi connectivity index (χ4v) is 6.58. The fraction of sp³-hybridized carbons (Fsp3) is 0.314. The van der Waals surface area contributed by atoms with Crippen molar-refractivity contribution in [2.75, 3.05) is 13.2 Å². The second-order valence-corrected chi connectivity index (χ2v) is 12.0. The summed E-state index contributed by atoms with van der Waals surface area (Å²) in [5.74, 6) is -0.163. The lowest BCUT2D eigenvalue weighted by Crippen LogP contribution is -2.39. The van der Waals surface area contributed by atoms with Crippen LogP contribution in [0.5, 0.6) is 5.75 Å². The van der Waals surface area contributed by atoms with Crippen LogP contribution in [-0.2, 0) is 14.3 Å². The molecule has 4 aromatic rings. The van der Waals surface area contributed by atoms with Gasteiger partial charge in [0.2, 0.25) is 0 Å². The minimum Gasteiger partial charge on any atom is -0.491 e. The molecule has 0 radical (unpaired) electrons. The zero-order chi connectivity index (χ0) is 32.4. The number of benzene rings is 2. The lowest BCUT2D eigenvalue weighted by atomic mass is 9.96. The number of thiazole rings is 1. The van der Waals surface area contributed by atoms with Gasteiger partial charge in [-0.05, 0) is 108 Å². The third kappa shape index (κ3) is 6.28. The molecule has 0 fully saturated rings. The monoisotopic (exact) mass is 627 g/mol. The SMILES string of the molecule is CCOC(=O)C1=C(C)N=c2s/c(=C/c3cc(C)n(-c4ccc(C(=O)OCC)cc4)c3C)c(=O)n2C1c1ccc(OC(C)C)cc1. The molecule has 0 saturated heterocycles. The van der Waals surface area contributed by atoms with E-state index in [-0.39, 0.29) is 24.2 Å². The topological polar surface area (TPSA) is 101 Å². The van der Waals surface area contributed by atoms with Crippen LogP contribution in [0, 0.1) is 13.8 Å². The summed E-state index contributed by atoms with van der Waals surface area (Å²) in [5, 5.41) is 0. The summed E-state index contributed by atoms with van der Waals surface area (Å²) in [6.07, 6.45) is 1.88. The number of nitrogens with zero attached hydrogens (tertiary/aromatic N) is 3. The summed E-state index contributed by atoms with van der Waals surface area (Å²) < 4.78 is 20.5. The van der Waals surface area contributed by atoms with Gasteiger partial charge in [-0.25, -0.2) is 14.6 Å². The first-order valence-corrected chi connectivity index (χ1v) is 15.8. The molecule has 9 nitrogen and oxygen atoms in total. The maximum Gasteiger partial charge on any atom is 0.338 e. The molecule has 0 amide bonds. The maximum atomic E-state index is 14.1. The molecule has 2 aromatic heterocycles. The van der Waals surface area contributed by atoms with Crippen molar-refractivity contribution in [3.8, 4) is 11.4 Å². The van der Waals surface area contributed by atoms with Crippen LogP contribution in [-0.4, -0.2) is 40.4 Å². The molecule has 0 N–H and O–H groups in total. The van der Waals surface area contributed by atoms with Crippen LogP contribution in [0.15, 0.2) is 75.7 Å². The van der Waals surface area contributed by atoms with Crippen molar-refractivity contribution < 1.29 is 23.8 Å². The number of hydrogen-bond donors (Lipinski definition) is 0. The number of hydrogen-bond acceptors (Lipinski definition) is 8. The molecular weight excluding hydrogens is 590 g/mol. The Balaban J connectivity index is 1.60. The van der Waals surface area contributed by atoms with Crippen LogP contribution in [0.2, 0.25) is 0 Å². The Bertz CT molecular complexity index is 1960. The molecule has 2 aromatic carbocycles. The van der Waals surface area contributed by atoms with Crippen molar-refractivity contribution in [3.63, 3.8) is 0 Å². The molecule has 0 aliphatic carbocycles. The molecule has 0 saturated carbocycles. The van der Waals surface area contributed by atoms with Gasteiger partial charge in [-0.1, -0.05) is 23.5 Å². The number of carbonyl (C=O) groups is 2. The zero-order valence-electron chi connectivity index (χ0n) is 26.5. The first-order valence-electron chi connectivity index (χ1n) is 15.0. The van der Waals surface area contributed by atoms with Crippen molar-refractivity contribution in [3.05, 3.63) is 114 Å². The predicted molar refractivity (Wildman–Crippen MR) is 174 cm³/mol. The van der Waals surface area contributed by atoms with E-state index >= 15 is 0 Å². The summed E-state index contributed by atoms with van der Waals surface area (Å²) in [5.41, 5.74) is 5.50. The van der Waals surface area contributed by atoms with Crippen molar-refractivity contribution in [2.24, 2.45) is 4.99 Å². The second-order valence-electron chi connectivity index (χ2n) is 11.0. The van der Waals surface area contributed by atoms with E-state index in [0.717, 1.165) is 28.2 Å². The third-order valence-corrected chi connectivity index (χ3v) is 8.46. The number of ether oxygens (including phenoxy) is 3. The van der Waals surface area contributed by atoms with E-state index in [2.05, 4.69) is 9.56 Å². The Labute approximate surface area is 265 Å². The van der Waals surface area contributed by atoms with Gasteiger partial charge < -0.3 is 18.8 Å². The minimum atomic E-state index is -0.708. The number of rotatable bonds is 9. The molecular formula is C35H37N3O6S. The summed E-state index contributed by atoms with van der Waals surface area (Å²) >= 11 is 1.28. The molecule has 1 atom stereocenters. The summed E-state index contributed by atoms with van der Waals surface area (Å²) in [6, 6.07) is 16.0. The summed E-state index contributed by atoms with van der Waals surface area (Å²) in [6.45, 7) is 13.7. The molecule has 45 heavy (non-hydrogen) atoms. The summed E-state index contributed by atoms with van der Waals surface area (Å²) in [7, 11) is 0. The number of allylic oxidation sites excluding steroid dienone is 1. The highest BCUT2D eigenvalue weighted by Gasteiger charge is 2.33. The van der Waals surface area contributed by atoms with Gasteiger partial charge in [0, 0.05) is 17.1 Å². The number of aromatic nitrogens is 2. The van der Waals surface area contributed by atoms with Crippen LogP contribution < -0.4 is 19.6 Å².